The topological polar surface area (TPSA) is 102 Å². The summed E-state index contributed by atoms with van der Waals surface area (Å²) in [5.74, 6) is 1.56. The zero-order chi connectivity index (χ0) is 14.0. The number of halogens is 1. The fourth-order valence-electron chi connectivity index (χ4n) is 1.60. The number of nitrogen functional groups attached to an aromatic ring is 2. The van der Waals surface area contributed by atoms with Crippen LogP contribution in [-0.2, 0) is 0 Å². The third-order valence-electron chi connectivity index (χ3n) is 2.45. The van der Waals surface area contributed by atoms with Gasteiger partial charge in [-0.2, -0.15) is 10.2 Å². The Balaban J connectivity index is 2.79. The second-order valence-electron chi connectivity index (χ2n) is 3.64. The lowest BCUT2D eigenvalue weighted by Gasteiger charge is -2.08. The highest BCUT2D eigenvalue weighted by Gasteiger charge is 2.16. The number of benzene rings is 1. The van der Waals surface area contributed by atoms with Gasteiger partial charge in [0, 0.05) is 11.1 Å². The maximum Gasteiger partial charge on any atom is 0.222 e. The molecule has 19 heavy (non-hydrogen) atoms. The van der Waals surface area contributed by atoms with Gasteiger partial charge in [0.2, 0.25) is 5.95 Å². The Morgan fingerprint density at radius 2 is 2.00 bits per heavy atom. The van der Waals surface area contributed by atoms with E-state index >= 15 is 0 Å². The number of nitriles is 1. The average molecular weight is 253 g/mol. The van der Waals surface area contributed by atoms with Crippen molar-refractivity contribution < 1.29 is 4.39 Å². The Hall–Kier alpha value is -3.12. The molecule has 0 aliphatic rings. The van der Waals surface area contributed by atoms with E-state index in [-0.39, 0.29) is 28.6 Å². The minimum absolute atomic E-state index is 0.0297. The average Bonchev–Trinajstić information content (AvgIpc) is 2.38. The van der Waals surface area contributed by atoms with Crippen LogP contribution in [0.3, 0.4) is 0 Å². The molecule has 1 aromatic heterocycles. The smallest absolute Gasteiger partial charge is 0.222 e. The number of hydrogen-bond donors (Lipinski definition) is 2. The molecule has 1 heterocycles. The zero-order valence-electron chi connectivity index (χ0n) is 9.68. The summed E-state index contributed by atoms with van der Waals surface area (Å²) in [6.45, 7) is 0. The predicted octanol–water partition coefficient (Wildman–Crippen LogP) is 1.30. The van der Waals surface area contributed by atoms with Crippen LogP contribution in [0.25, 0.3) is 11.3 Å². The highest BCUT2D eigenvalue weighted by Crippen LogP contribution is 2.28. The van der Waals surface area contributed by atoms with E-state index in [1.165, 1.54) is 18.2 Å². The second kappa shape index (κ2) is 4.63. The normalized spacial score (nSPS) is 9.63. The molecule has 1 aromatic carbocycles. The molecular formula is C13H8FN5. The molecule has 0 aliphatic carbocycles. The molecule has 0 radical (unpaired) electrons. The van der Waals surface area contributed by atoms with Crippen LogP contribution >= 0.6 is 0 Å². The largest absolute Gasteiger partial charge is 0.382 e. The summed E-state index contributed by atoms with van der Waals surface area (Å²) in [5, 5.41) is 9.06. The molecule has 92 valence electrons. The zero-order valence-corrected chi connectivity index (χ0v) is 9.68. The van der Waals surface area contributed by atoms with Gasteiger partial charge in [0.15, 0.2) is 0 Å². The maximum atomic E-state index is 13.9. The van der Waals surface area contributed by atoms with Crippen LogP contribution in [0.15, 0.2) is 18.2 Å². The summed E-state index contributed by atoms with van der Waals surface area (Å²) < 4.78 is 13.9. The monoisotopic (exact) mass is 253 g/mol. The molecule has 0 unspecified atom stereocenters. The van der Waals surface area contributed by atoms with E-state index in [1.807, 2.05) is 6.07 Å². The molecule has 5 nitrogen and oxygen atoms in total. The van der Waals surface area contributed by atoms with Crippen LogP contribution in [0, 0.1) is 29.5 Å². The van der Waals surface area contributed by atoms with Crippen LogP contribution in [-0.4, -0.2) is 9.97 Å². The predicted molar refractivity (Wildman–Crippen MR) is 68.9 cm³/mol. The minimum Gasteiger partial charge on any atom is -0.382 e. The fourth-order valence-corrected chi connectivity index (χ4v) is 1.60. The second-order valence-corrected chi connectivity index (χ2v) is 3.64. The Labute approximate surface area is 108 Å². The van der Waals surface area contributed by atoms with Crippen molar-refractivity contribution in [2.45, 2.75) is 0 Å². The summed E-state index contributed by atoms with van der Waals surface area (Å²) in [6.07, 6.45) is 5.26. The van der Waals surface area contributed by atoms with Gasteiger partial charge in [-0.25, -0.2) is 9.37 Å². The molecule has 0 bridgehead atoms. The van der Waals surface area contributed by atoms with E-state index in [4.69, 9.17) is 23.2 Å². The molecule has 0 saturated heterocycles. The summed E-state index contributed by atoms with van der Waals surface area (Å²) >= 11 is 0. The van der Waals surface area contributed by atoms with E-state index in [0.717, 1.165) is 0 Å². The Morgan fingerprint density at radius 1 is 1.26 bits per heavy atom. The van der Waals surface area contributed by atoms with Gasteiger partial charge >= 0.3 is 0 Å². The molecule has 0 fully saturated rings. The van der Waals surface area contributed by atoms with Crippen molar-refractivity contribution in [3.63, 3.8) is 0 Å². The van der Waals surface area contributed by atoms with Gasteiger partial charge in [-0.05, 0) is 18.2 Å². The van der Waals surface area contributed by atoms with Gasteiger partial charge in [0.05, 0.1) is 5.69 Å². The summed E-state index contributed by atoms with van der Waals surface area (Å²) in [7, 11) is 0. The van der Waals surface area contributed by atoms with Crippen LogP contribution in [0.4, 0.5) is 16.2 Å². The highest BCUT2D eigenvalue weighted by molar-refractivity contribution is 5.74. The van der Waals surface area contributed by atoms with Crippen LogP contribution < -0.4 is 11.5 Å². The van der Waals surface area contributed by atoms with Gasteiger partial charge < -0.3 is 11.5 Å². The van der Waals surface area contributed by atoms with Gasteiger partial charge in [-0.1, -0.05) is 5.92 Å². The highest BCUT2D eigenvalue weighted by atomic mass is 19.1. The molecule has 0 spiro atoms. The third-order valence-corrected chi connectivity index (χ3v) is 2.45. The fraction of sp³-hybridized carbons (Fsp3) is 0. The van der Waals surface area contributed by atoms with Crippen molar-refractivity contribution in [2.75, 3.05) is 11.5 Å². The van der Waals surface area contributed by atoms with Gasteiger partial charge in [0.1, 0.15) is 23.3 Å². The van der Waals surface area contributed by atoms with Crippen LogP contribution in [0.2, 0.25) is 0 Å². The van der Waals surface area contributed by atoms with Gasteiger partial charge in [-0.3, -0.25) is 0 Å². The number of nitrogens with two attached hydrogens (primary N) is 2. The Morgan fingerprint density at radius 3 is 2.63 bits per heavy atom. The van der Waals surface area contributed by atoms with E-state index in [1.54, 1.807) is 0 Å². The molecular weight excluding hydrogens is 245 g/mol. The standard InChI is InChI=1S/C13H8FN5/c1-2-7-3-4-10(14)8(5-7)11-9(6-15)12(16)19-13(17)18-11/h1,3-5H,(H4,16,17,18,19). The molecule has 0 amide bonds. The first-order chi connectivity index (χ1) is 9.06. The van der Waals surface area contributed by atoms with Crippen LogP contribution in [0.1, 0.15) is 11.1 Å². The number of aromatic nitrogens is 2. The Bertz CT molecular complexity index is 740. The van der Waals surface area contributed by atoms with Gasteiger partial charge in [0.25, 0.3) is 0 Å². The number of anilines is 2. The number of hydrogen-bond acceptors (Lipinski definition) is 5. The van der Waals surface area contributed by atoms with Gasteiger partial charge in [-0.15, -0.1) is 6.42 Å². The van der Waals surface area contributed by atoms with Crippen molar-refractivity contribution >= 4 is 11.8 Å². The van der Waals surface area contributed by atoms with E-state index < -0.39 is 5.82 Å². The first-order valence-corrected chi connectivity index (χ1v) is 5.16. The SMILES string of the molecule is C#Cc1ccc(F)c(-c2nc(N)nc(N)c2C#N)c1. The first-order valence-electron chi connectivity index (χ1n) is 5.16. The lowest BCUT2D eigenvalue weighted by Crippen LogP contribution is -2.05. The van der Waals surface area contributed by atoms with E-state index in [2.05, 4.69) is 15.9 Å². The van der Waals surface area contributed by atoms with E-state index in [9.17, 15) is 4.39 Å². The molecule has 2 rings (SSSR count). The summed E-state index contributed by atoms with van der Waals surface area (Å²) in [4.78, 5) is 7.53. The van der Waals surface area contributed by atoms with Crippen LogP contribution in [0.5, 0.6) is 0 Å². The number of nitrogens with zero attached hydrogens (tertiary/aromatic N) is 3. The lowest BCUT2D eigenvalue weighted by molar-refractivity contribution is 0.630. The summed E-state index contributed by atoms with van der Waals surface area (Å²) in [5.41, 5.74) is 11.5. The van der Waals surface area contributed by atoms with Crippen molar-refractivity contribution in [3.05, 3.63) is 35.1 Å². The molecule has 4 N–H and O–H groups in total. The van der Waals surface area contributed by atoms with E-state index in [0.29, 0.717) is 5.56 Å². The van der Waals surface area contributed by atoms with Crippen molar-refractivity contribution in [3.8, 4) is 29.7 Å². The first kappa shape index (κ1) is 12.3. The minimum atomic E-state index is -0.576. The van der Waals surface area contributed by atoms with Crippen molar-refractivity contribution in [1.29, 1.82) is 5.26 Å². The molecule has 6 heteroatoms. The third kappa shape index (κ3) is 2.15. The quantitative estimate of drug-likeness (QED) is 0.746. The Kier molecular flexibility index (Phi) is 3.01. The number of terminal acetylenes is 1. The molecule has 0 aliphatic heterocycles. The lowest BCUT2D eigenvalue weighted by atomic mass is 10.0. The molecule has 0 atom stereocenters. The van der Waals surface area contributed by atoms with Crippen molar-refractivity contribution in [2.24, 2.45) is 0 Å². The maximum absolute atomic E-state index is 13.9. The van der Waals surface area contributed by atoms with Crippen molar-refractivity contribution in [1.82, 2.24) is 9.97 Å². The molecule has 0 saturated carbocycles. The summed E-state index contributed by atoms with van der Waals surface area (Å²) in [6, 6.07) is 5.87. The molecule has 2 aromatic rings. The number of rotatable bonds is 1.